The number of hydrogen-bond donors (Lipinski definition) is 2. The summed E-state index contributed by atoms with van der Waals surface area (Å²) < 4.78 is 10.9. The molecular weight excluding hydrogens is 230 g/mol. The van der Waals surface area contributed by atoms with Crippen LogP contribution in [0.15, 0.2) is 0 Å². The highest BCUT2D eigenvalue weighted by molar-refractivity contribution is 4.83. The Bertz CT molecular complexity index is 237. The highest BCUT2D eigenvalue weighted by Gasteiger charge is 2.32. The first kappa shape index (κ1) is 14.3. The van der Waals surface area contributed by atoms with Gasteiger partial charge in [-0.15, -0.1) is 0 Å². The Kier molecular flexibility index (Phi) is 5.42. The molecule has 1 atom stereocenters. The fraction of sp³-hybridized carbons (Fsp3) is 1.00. The molecule has 4 nitrogen and oxygen atoms in total. The van der Waals surface area contributed by atoms with Gasteiger partial charge >= 0.3 is 0 Å². The van der Waals surface area contributed by atoms with Gasteiger partial charge in [-0.1, -0.05) is 26.2 Å². The first-order valence-corrected chi connectivity index (χ1v) is 7.26. The first-order chi connectivity index (χ1) is 8.68. The molecule has 2 fully saturated rings. The molecule has 0 radical (unpaired) electrons. The van der Waals surface area contributed by atoms with Crippen molar-refractivity contribution >= 4 is 0 Å². The molecule has 0 aromatic heterocycles. The Morgan fingerprint density at radius 2 is 2.06 bits per heavy atom. The SMILES string of the molecule is CC1(CNCC(O)COC2CCCCC2)COC1. The Labute approximate surface area is 110 Å². The molecule has 18 heavy (non-hydrogen) atoms. The lowest BCUT2D eigenvalue weighted by atomic mass is 9.89. The molecule has 106 valence electrons. The highest BCUT2D eigenvalue weighted by atomic mass is 16.5. The van der Waals surface area contributed by atoms with Gasteiger partial charge in [0, 0.05) is 18.5 Å². The van der Waals surface area contributed by atoms with E-state index in [0.29, 0.717) is 19.3 Å². The van der Waals surface area contributed by atoms with Gasteiger partial charge in [-0.3, -0.25) is 0 Å². The molecule has 0 aromatic rings. The van der Waals surface area contributed by atoms with Gasteiger partial charge in [-0.2, -0.15) is 0 Å². The highest BCUT2D eigenvalue weighted by Crippen LogP contribution is 2.25. The van der Waals surface area contributed by atoms with E-state index in [1.165, 1.54) is 19.3 Å². The lowest BCUT2D eigenvalue weighted by Crippen LogP contribution is -2.48. The number of rotatable bonds is 7. The van der Waals surface area contributed by atoms with Crippen LogP contribution in [0.5, 0.6) is 0 Å². The standard InChI is InChI=1S/C14H27NO3/c1-14(10-17-11-14)9-15-7-12(16)8-18-13-5-3-2-4-6-13/h12-13,15-16H,2-11H2,1H3. The molecule has 0 amide bonds. The predicted molar refractivity (Wildman–Crippen MR) is 70.6 cm³/mol. The topological polar surface area (TPSA) is 50.7 Å². The summed E-state index contributed by atoms with van der Waals surface area (Å²) in [5.74, 6) is 0. The first-order valence-electron chi connectivity index (χ1n) is 7.26. The summed E-state index contributed by atoms with van der Waals surface area (Å²) in [6.45, 7) is 5.85. The van der Waals surface area contributed by atoms with Crippen LogP contribution < -0.4 is 5.32 Å². The van der Waals surface area contributed by atoms with E-state index in [2.05, 4.69) is 12.2 Å². The van der Waals surface area contributed by atoms with Crippen molar-refractivity contribution < 1.29 is 14.6 Å². The molecule has 2 aliphatic rings. The predicted octanol–water partition coefficient (Wildman–Crippen LogP) is 1.32. The summed E-state index contributed by atoms with van der Waals surface area (Å²) in [5.41, 5.74) is 0.268. The van der Waals surface area contributed by atoms with E-state index in [1.807, 2.05) is 0 Å². The van der Waals surface area contributed by atoms with Crippen LogP contribution in [-0.2, 0) is 9.47 Å². The second kappa shape index (κ2) is 6.85. The summed E-state index contributed by atoms with van der Waals surface area (Å²) in [6.07, 6.45) is 6.20. The van der Waals surface area contributed by atoms with E-state index < -0.39 is 6.10 Å². The summed E-state index contributed by atoms with van der Waals surface area (Å²) in [6, 6.07) is 0. The molecule has 0 bridgehead atoms. The summed E-state index contributed by atoms with van der Waals surface area (Å²) in [7, 11) is 0. The number of nitrogens with one attached hydrogen (secondary N) is 1. The smallest absolute Gasteiger partial charge is 0.0897 e. The van der Waals surface area contributed by atoms with Crippen molar-refractivity contribution in [1.82, 2.24) is 5.32 Å². The van der Waals surface area contributed by atoms with E-state index in [0.717, 1.165) is 32.6 Å². The van der Waals surface area contributed by atoms with Crippen molar-refractivity contribution in [2.24, 2.45) is 5.41 Å². The zero-order valence-corrected chi connectivity index (χ0v) is 11.5. The molecule has 0 spiro atoms. The fourth-order valence-electron chi connectivity index (χ4n) is 2.63. The molecule has 1 aliphatic carbocycles. The minimum absolute atomic E-state index is 0.268. The molecule has 2 N–H and O–H groups in total. The summed E-state index contributed by atoms with van der Waals surface area (Å²) in [4.78, 5) is 0. The third-order valence-corrected chi connectivity index (χ3v) is 3.91. The second-order valence-corrected chi connectivity index (χ2v) is 6.18. The largest absolute Gasteiger partial charge is 0.389 e. The maximum Gasteiger partial charge on any atom is 0.0897 e. The molecule has 1 aliphatic heterocycles. The van der Waals surface area contributed by atoms with Crippen molar-refractivity contribution in [3.05, 3.63) is 0 Å². The van der Waals surface area contributed by atoms with E-state index in [4.69, 9.17) is 9.47 Å². The van der Waals surface area contributed by atoms with E-state index in [1.54, 1.807) is 0 Å². The van der Waals surface area contributed by atoms with E-state index >= 15 is 0 Å². The Balaban J connectivity index is 1.50. The van der Waals surface area contributed by atoms with Crippen LogP contribution in [0, 0.1) is 5.41 Å². The third kappa shape index (κ3) is 4.50. The van der Waals surface area contributed by atoms with Gasteiger partial charge in [0.1, 0.15) is 0 Å². The van der Waals surface area contributed by atoms with E-state index in [-0.39, 0.29) is 5.41 Å². The van der Waals surface area contributed by atoms with Crippen molar-refractivity contribution in [3.63, 3.8) is 0 Å². The van der Waals surface area contributed by atoms with E-state index in [9.17, 15) is 5.11 Å². The number of aliphatic hydroxyl groups is 1. The fourth-order valence-corrected chi connectivity index (χ4v) is 2.63. The quantitative estimate of drug-likeness (QED) is 0.722. The van der Waals surface area contributed by atoms with Crippen LogP contribution in [0.25, 0.3) is 0 Å². The van der Waals surface area contributed by atoms with Crippen LogP contribution in [0.4, 0.5) is 0 Å². The van der Waals surface area contributed by atoms with Crippen LogP contribution in [0.1, 0.15) is 39.0 Å². The van der Waals surface area contributed by atoms with Crippen LogP contribution >= 0.6 is 0 Å². The Morgan fingerprint density at radius 1 is 1.33 bits per heavy atom. The minimum Gasteiger partial charge on any atom is -0.389 e. The lowest BCUT2D eigenvalue weighted by molar-refractivity contribution is -0.100. The maximum absolute atomic E-state index is 9.85. The summed E-state index contributed by atoms with van der Waals surface area (Å²) in [5, 5.41) is 13.2. The van der Waals surface area contributed by atoms with Gasteiger partial charge in [0.2, 0.25) is 0 Å². The van der Waals surface area contributed by atoms with Crippen LogP contribution in [-0.4, -0.2) is 50.2 Å². The van der Waals surface area contributed by atoms with Crippen LogP contribution in [0.3, 0.4) is 0 Å². The normalized spacial score (nSPS) is 25.7. The van der Waals surface area contributed by atoms with Gasteiger partial charge in [0.15, 0.2) is 0 Å². The van der Waals surface area contributed by atoms with Gasteiger partial charge in [-0.25, -0.2) is 0 Å². The third-order valence-electron chi connectivity index (χ3n) is 3.91. The van der Waals surface area contributed by atoms with Crippen molar-refractivity contribution in [2.45, 2.75) is 51.2 Å². The molecular formula is C14H27NO3. The zero-order chi connectivity index (χ0) is 12.8. The average molecular weight is 257 g/mol. The Morgan fingerprint density at radius 3 is 2.67 bits per heavy atom. The maximum atomic E-state index is 9.85. The Hall–Kier alpha value is -0.160. The molecule has 1 unspecified atom stereocenters. The van der Waals surface area contributed by atoms with Gasteiger partial charge in [-0.05, 0) is 12.8 Å². The zero-order valence-electron chi connectivity index (χ0n) is 11.5. The number of ether oxygens (including phenoxy) is 2. The molecule has 1 heterocycles. The molecule has 2 rings (SSSR count). The minimum atomic E-state index is -0.392. The number of aliphatic hydroxyl groups excluding tert-OH is 1. The van der Waals surface area contributed by atoms with Crippen molar-refractivity contribution in [3.8, 4) is 0 Å². The van der Waals surface area contributed by atoms with Gasteiger partial charge < -0.3 is 19.9 Å². The second-order valence-electron chi connectivity index (χ2n) is 6.18. The lowest BCUT2D eigenvalue weighted by Gasteiger charge is -2.38. The molecule has 0 aromatic carbocycles. The van der Waals surface area contributed by atoms with Gasteiger partial charge in [0.05, 0.1) is 32.0 Å². The van der Waals surface area contributed by atoms with Gasteiger partial charge in [0.25, 0.3) is 0 Å². The van der Waals surface area contributed by atoms with Crippen molar-refractivity contribution in [1.29, 1.82) is 0 Å². The average Bonchev–Trinajstić information content (AvgIpc) is 2.35. The van der Waals surface area contributed by atoms with Crippen LogP contribution in [0.2, 0.25) is 0 Å². The molecule has 1 saturated heterocycles. The summed E-state index contributed by atoms with van der Waals surface area (Å²) >= 11 is 0. The molecule has 4 heteroatoms. The van der Waals surface area contributed by atoms with Crippen molar-refractivity contribution in [2.75, 3.05) is 32.9 Å². The molecule has 1 saturated carbocycles. The number of hydrogen-bond acceptors (Lipinski definition) is 4. The monoisotopic (exact) mass is 257 g/mol.